The van der Waals surface area contributed by atoms with Crippen molar-refractivity contribution < 1.29 is 18.3 Å². The quantitative estimate of drug-likeness (QED) is 0.685. The van der Waals surface area contributed by atoms with Gasteiger partial charge >= 0.3 is 5.97 Å². The number of ether oxygens (including phenoxy) is 1. The van der Waals surface area contributed by atoms with Gasteiger partial charge in [-0.3, -0.25) is 4.79 Å². The van der Waals surface area contributed by atoms with E-state index >= 15 is 0 Å². The van der Waals surface area contributed by atoms with E-state index in [4.69, 9.17) is 0 Å². The molecule has 1 rings (SSSR count). The van der Waals surface area contributed by atoms with E-state index in [1.54, 1.807) is 6.92 Å². The second-order valence-electron chi connectivity index (χ2n) is 3.45. The molecule has 0 fully saturated rings. The highest BCUT2D eigenvalue weighted by Gasteiger charge is 2.16. The first-order chi connectivity index (χ1) is 7.97. The molecule has 1 aromatic carbocycles. The minimum absolute atomic E-state index is 0.0899. The lowest BCUT2D eigenvalue weighted by Crippen LogP contribution is -2.34. The van der Waals surface area contributed by atoms with Gasteiger partial charge in [0.2, 0.25) is 0 Å². The fraction of sp³-hybridized carbons (Fsp3) is 0.364. The zero-order chi connectivity index (χ0) is 13.0. The van der Waals surface area contributed by atoms with E-state index in [-0.39, 0.29) is 16.6 Å². The van der Waals surface area contributed by atoms with E-state index < -0.39 is 23.6 Å². The molecule has 1 atom stereocenters. The lowest BCUT2D eigenvalue weighted by molar-refractivity contribution is -0.142. The second-order valence-corrected chi connectivity index (χ2v) is 4.30. The minimum Gasteiger partial charge on any atom is -0.468 e. The standard InChI is InChI=1S/C11H12BrF2NO2/c1-6(11(16)17-2)15-5-7-9(13)4-3-8(12)10(7)14/h3-4,6,15H,5H2,1-2H3. The molecule has 3 nitrogen and oxygen atoms in total. The van der Waals surface area contributed by atoms with Crippen molar-refractivity contribution in [3.8, 4) is 0 Å². The van der Waals surface area contributed by atoms with Crippen molar-refractivity contribution >= 4 is 21.9 Å². The summed E-state index contributed by atoms with van der Waals surface area (Å²) in [7, 11) is 1.25. The van der Waals surface area contributed by atoms with E-state index in [0.29, 0.717) is 0 Å². The maximum atomic E-state index is 13.6. The summed E-state index contributed by atoms with van der Waals surface area (Å²) >= 11 is 2.97. The van der Waals surface area contributed by atoms with E-state index in [1.807, 2.05) is 0 Å². The monoisotopic (exact) mass is 307 g/mol. The molecule has 0 spiro atoms. The van der Waals surface area contributed by atoms with Crippen LogP contribution in [0.3, 0.4) is 0 Å². The molecular formula is C11H12BrF2NO2. The summed E-state index contributed by atoms with van der Waals surface area (Å²) in [6.07, 6.45) is 0. The highest BCUT2D eigenvalue weighted by atomic mass is 79.9. The Kier molecular flexibility index (Phi) is 5.02. The molecule has 1 aromatic rings. The van der Waals surface area contributed by atoms with E-state index in [0.717, 1.165) is 6.07 Å². The largest absolute Gasteiger partial charge is 0.468 e. The van der Waals surface area contributed by atoms with Crippen molar-refractivity contribution in [3.63, 3.8) is 0 Å². The average molecular weight is 308 g/mol. The molecule has 0 saturated heterocycles. The third-order valence-electron chi connectivity index (χ3n) is 2.28. The van der Waals surface area contributed by atoms with E-state index in [2.05, 4.69) is 26.0 Å². The van der Waals surface area contributed by atoms with Crippen LogP contribution in [-0.2, 0) is 16.1 Å². The average Bonchev–Trinajstić information content (AvgIpc) is 2.32. The Balaban J connectivity index is 2.76. The summed E-state index contributed by atoms with van der Waals surface area (Å²) in [5.74, 6) is -1.81. The van der Waals surface area contributed by atoms with Crippen LogP contribution < -0.4 is 5.32 Å². The normalized spacial score (nSPS) is 12.3. The van der Waals surface area contributed by atoms with Gasteiger partial charge in [-0.1, -0.05) is 0 Å². The summed E-state index contributed by atoms with van der Waals surface area (Å²) < 4.78 is 31.6. The second kappa shape index (κ2) is 6.07. The number of esters is 1. The SMILES string of the molecule is COC(=O)C(C)NCc1c(F)ccc(Br)c1F. The van der Waals surface area contributed by atoms with Gasteiger partial charge in [0.25, 0.3) is 0 Å². The van der Waals surface area contributed by atoms with Gasteiger partial charge in [-0.05, 0) is 35.0 Å². The first kappa shape index (κ1) is 14.1. The van der Waals surface area contributed by atoms with Crippen LogP contribution in [-0.4, -0.2) is 19.1 Å². The van der Waals surface area contributed by atoms with Crippen LogP contribution in [0.4, 0.5) is 8.78 Å². The van der Waals surface area contributed by atoms with Crippen LogP contribution in [0.15, 0.2) is 16.6 Å². The smallest absolute Gasteiger partial charge is 0.322 e. The number of hydrogen-bond acceptors (Lipinski definition) is 3. The molecule has 0 radical (unpaired) electrons. The van der Waals surface area contributed by atoms with Crippen LogP contribution in [0.2, 0.25) is 0 Å². The lowest BCUT2D eigenvalue weighted by atomic mass is 10.2. The Hall–Kier alpha value is -1.01. The molecule has 94 valence electrons. The summed E-state index contributed by atoms with van der Waals surface area (Å²) in [5, 5.41) is 2.68. The number of hydrogen-bond donors (Lipinski definition) is 1. The number of carbonyl (C=O) groups is 1. The molecule has 6 heteroatoms. The molecule has 0 bridgehead atoms. The Morgan fingerprint density at radius 3 is 2.76 bits per heavy atom. The molecule has 1 N–H and O–H groups in total. The molecule has 0 aliphatic rings. The van der Waals surface area contributed by atoms with Crippen LogP contribution >= 0.6 is 15.9 Å². The molecule has 0 aliphatic heterocycles. The van der Waals surface area contributed by atoms with Gasteiger partial charge in [0.1, 0.15) is 17.7 Å². The van der Waals surface area contributed by atoms with Crippen LogP contribution in [0.1, 0.15) is 12.5 Å². The molecule has 0 aliphatic carbocycles. The van der Waals surface area contributed by atoms with Gasteiger partial charge in [0.05, 0.1) is 11.6 Å². The van der Waals surface area contributed by atoms with Crippen molar-refractivity contribution in [2.75, 3.05) is 7.11 Å². The Morgan fingerprint density at radius 1 is 1.53 bits per heavy atom. The van der Waals surface area contributed by atoms with Crippen LogP contribution in [0.5, 0.6) is 0 Å². The highest BCUT2D eigenvalue weighted by molar-refractivity contribution is 9.10. The molecular weight excluding hydrogens is 296 g/mol. The fourth-order valence-electron chi connectivity index (χ4n) is 1.25. The zero-order valence-corrected chi connectivity index (χ0v) is 11.0. The topological polar surface area (TPSA) is 38.3 Å². The fourth-order valence-corrected chi connectivity index (χ4v) is 1.62. The molecule has 0 aromatic heterocycles. The van der Waals surface area contributed by atoms with Crippen molar-refractivity contribution in [1.82, 2.24) is 5.32 Å². The van der Waals surface area contributed by atoms with Gasteiger partial charge < -0.3 is 10.1 Å². The van der Waals surface area contributed by atoms with Gasteiger partial charge in [-0.2, -0.15) is 0 Å². The third kappa shape index (κ3) is 3.47. The number of carbonyl (C=O) groups excluding carboxylic acids is 1. The van der Waals surface area contributed by atoms with E-state index in [1.165, 1.54) is 13.2 Å². The molecule has 0 saturated carbocycles. The van der Waals surface area contributed by atoms with Crippen LogP contribution in [0.25, 0.3) is 0 Å². The highest BCUT2D eigenvalue weighted by Crippen LogP contribution is 2.21. The maximum absolute atomic E-state index is 13.6. The number of nitrogens with one attached hydrogen (secondary N) is 1. The third-order valence-corrected chi connectivity index (χ3v) is 2.89. The summed E-state index contributed by atoms with van der Waals surface area (Å²) in [6, 6.07) is 1.82. The molecule has 17 heavy (non-hydrogen) atoms. The molecule has 0 heterocycles. The Morgan fingerprint density at radius 2 is 2.18 bits per heavy atom. The summed E-state index contributed by atoms with van der Waals surface area (Å²) in [4.78, 5) is 11.1. The maximum Gasteiger partial charge on any atom is 0.322 e. The van der Waals surface area contributed by atoms with Crippen molar-refractivity contribution in [2.24, 2.45) is 0 Å². The van der Waals surface area contributed by atoms with Gasteiger partial charge in [-0.25, -0.2) is 8.78 Å². The predicted molar refractivity (Wildman–Crippen MR) is 62.4 cm³/mol. The summed E-state index contributed by atoms with van der Waals surface area (Å²) in [5.41, 5.74) is -0.116. The van der Waals surface area contributed by atoms with Gasteiger partial charge in [0.15, 0.2) is 0 Å². The number of methoxy groups -OCH3 is 1. The minimum atomic E-state index is -0.672. The predicted octanol–water partition coefficient (Wildman–Crippen LogP) is 2.38. The first-order valence-electron chi connectivity index (χ1n) is 4.91. The Labute approximate surface area is 106 Å². The van der Waals surface area contributed by atoms with Crippen LogP contribution in [0, 0.1) is 11.6 Å². The van der Waals surface area contributed by atoms with Crippen molar-refractivity contribution in [3.05, 3.63) is 33.8 Å². The zero-order valence-electron chi connectivity index (χ0n) is 9.39. The van der Waals surface area contributed by atoms with Gasteiger partial charge in [0, 0.05) is 12.1 Å². The van der Waals surface area contributed by atoms with E-state index in [9.17, 15) is 13.6 Å². The molecule has 0 amide bonds. The number of halogens is 3. The summed E-state index contributed by atoms with van der Waals surface area (Å²) in [6.45, 7) is 1.47. The first-order valence-corrected chi connectivity index (χ1v) is 5.70. The number of benzene rings is 1. The Bertz CT molecular complexity index is 426. The van der Waals surface area contributed by atoms with Crippen molar-refractivity contribution in [2.45, 2.75) is 19.5 Å². The number of rotatable bonds is 4. The lowest BCUT2D eigenvalue weighted by Gasteiger charge is -2.12. The molecule has 1 unspecified atom stereocenters. The van der Waals surface area contributed by atoms with Crippen molar-refractivity contribution in [1.29, 1.82) is 0 Å². The van der Waals surface area contributed by atoms with Gasteiger partial charge in [-0.15, -0.1) is 0 Å².